The van der Waals surface area contributed by atoms with Crippen molar-refractivity contribution in [1.29, 1.82) is 0 Å². The molecule has 1 aromatic rings. The van der Waals surface area contributed by atoms with Gasteiger partial charge in [-0.1, -0.05) is 19.9 Å². The molecule has 1 aromatic carbocycles. The lowest BCUT2D eigenvalue weighted by Crippen LogP contribution is -2.27. The molecule has 0 radical (unpaired) electrons. The molecule has 1 atom stereocenters. The summed E-state index contributed by atoms with van der Waals surface area (Å²) in [5.74, 6) is 1.02. The fraction of sp³-hybridized carbons (Fsp3) is 0.571. The first-order chi connectivity index (χ1) is 7.74. The second-order valence-electron chi connectivity index (χ2n) is 4.60. The minimum absolute atomic E-state index is 0.408. The number of aryl methyl sites for hydroxylation is 1. The van der Waals surface area contributed by atoms with Crippen LogP contribution in [-0.4, -0.2) is 29.6 Å². The molecule has 1 N–H and O–H groups in total. The van der Waals surface area contributed by atoms with E-state index in [0.29, 0.717) is 11.7 Å². The van der Waals surface area contributed by atoms with Crippen LogP contribution in [0.3, 0.4) is 0 Å². The molecule has 16 heavy (non-hydrogen) atoms. The van der Waals surface area contributed by atoms with Crippen LogP contribution in [0.5, 0.6) is 5.75 Å². The van der Waals surface area contributed by atoms with Crippen LogP contribution >= 0.6 is 0 Å². The Balaban J connectivity index is 2.13. The number of rotatable bonds is 4. The van der Waals surface area contributed by atoms with Crippen LogP contribution < -0.4 is 0 Å². The molecule has 2 rings (SSSR count). The zero-order valence-electron chi connectivity index (χ0n) is 10.2. The molecule has 0 saturated carbocycles. The molecule has 2 nitrogen and oxygen atoms in total. The van der Waals surface area contributed by atoms with Gasteiger partial charge in [0.25, 0.3) is 0 Å². The number of likely N-dealkylation sites (N-methyl/N-ethyl adjacent to an activating group) is 1. The summed E-state index contributed by atoms with van der Waals surface area (Å²) in [4.78, 5) is 2.46. The third-order valence-electron chi connectivity index (χ3n) is 3.70. The van der Waals surface area contributed by atoms with Gasteiger partial charge in [-0.05, 0) is 55.1 Å². The largest absolute Gasteiger partial charge is 0.508 e. The van der Waals surface area contributed by atoms with Gasteiger partial charge in [0.2, 0.25) is 0 Å². The van der Waals surface area contributed by atoms with E-state index in [-0.39, 0.29) is 0 Å². The van der Waals surface area contributed by atoms with Crippen molar-refractivity contribution in [1.82, 2.24) is 4.90 Å². The molecule has 2 heteroatoms. The monoisotopic (exact) mass is 219 g/mol. The molecule has 0 heterocycles. The van der Waals surface area contributed by atoms with Crippen LogP contribution in [0.2, 0.25) is 0 Å². The van der Waals surface area contributed by atoms with Gasteiger partial charge in [-0.2, -0.15) is 0 Å². The molecule has 0 bridgehead atoms. The van der Waals surface area contributed by atoms with E-state index in [4.69, 9.17) is 0 Å². The Bertz CT molecular complexity index is 358. The minimum atomic E-state index is 0.408. The second kappa shape index (κ2) is 4.88. The van der Waals surface area contributed by atoms with E-state index in [2.05, 4.69) is 24.8 Å². The predicted molar refractivity (Wildman–Crippen MR) is 67.0 cm³/mol. The maximum atomic E-state index is 9.55. The standard InChI is InChI=1S/C14H21NO/c1-3-15(4-2)10-12-6-5-11-7-8-13(16)9-14(11)12/h7-9,12,16H,3-6,10H2,1-2H3. The fourth-order valence-electron chi connectivity index (χ4n) is 2.66. The molecule has 0 aliphatic heterocycles. The Labute approximate surface area is 97.9 Å². The van der Waals surface area contributed by atoms with Crippen molar-refractivity contribution in [2.24, 2.45) is 0 Å². The van der Waals surface area contributed by atoms with Gasteiger partial charge in [0.1, 0.15) is 5.75 Å². The van der Waals surface area contributed by atoms with E-state index in [1.165, 1.54) is 24.0 Å². The second-order valence-corrected chi connectivity index (χ2v) is 4.60. The number of benzene rings is 1. The number of hydrogen-bond acceptors (Lipinski definition) is 2. The van der Waals surface area contributed by atoms with Crippen LogP contribution in [0, 0.1) is 0 Å². The zero-order valence-corrected chi connectivity index (χ0v) is 10.2. The summed E-state index contributed by atoms with van der Waals surface area (Å²) in [7, 11) is 0. The summed E-state index contributed by atoms with van der Waals surface area (Å²) in [6, 6.07) is 5.84. The zero-order chi connectivity index (χ0) is 11.5. The topological polar surface area (TPSA) is 23.5 Å². The van der Waals surface area contributed by atoms with Crippen LogP contribution in [0.25, 0.3) is 0 Å². The van der Waals surface area contributed by atoms with E-state index >= 15 is 0 Å². The summed E-state index contributed by atoms with van der Waals surface area (Å²) in [6.07, 6.45) is 2.40. The van der Waals surface area contributed by atoms with Gasteiger partial charge < -0.3 is 10.0 Å². The summed E-state index contributed by atoms with van der Waals surface area (Å²) in [5.41, 5.74) is 2.79. The first-order valence-electron chi connectivity index (χ1n) is 6.28. The van der Waals surface area contributed by atoms with Crippen molar-refractivity contribution in [2.75, 3.05) is 19.6 Å². The molecule has 1 aliphatic carbocycles. The summed E-state index contributed by atoms with van der Waals surface area (Å²) in [5, 5.41) is 9.55. The molecule has 0 saturated heterocycles. The normalized spacial score (nSPS) is 19.1. The summed E-state index contributed by atoms with van der Waals surface area (Å²) in [6.45, 7) is 7.77. The molecule has 1 unspecified atom stereocenters. The van der Waals surface area contributed by atoms with Crippen LogP contribution in [0.4, 0.5) is 0 Å². The van der Waals surface area contributed by atoms with Gasteiger partial charge in [0.05, 0.1) is 0 Å². The van der Waals surface area contributed by atoms with Crippen molar-refractivity contribution in [2.45, 2.75) is 32.6 Å². The number of phenols is 1. The highest BCUT2D eigenvalue weighted by atomic mass is 16.3. The number of hydrogen-bond donors (Lipinski definition) is 1. The van der Waals surface area contributed by atoms with Gasteiger partial charge in [-0.15, -0.1) is 0 Å². The Morgan fingerprint density at radius 1 is 1.31 bits per heavy atom. The van der Waals surface area contributed by atoms with Crippen molar-refractivity contribution >= 4 is 0 Å². The molecule has 0 spiro atoms. The SMILES string of the molecule is CCN(CC)CC1CCc2ccc(O)cc21. The third kappa shape index (κ3) is 2.22. The number of aromatic hydroxyl groups is 1. The molecule has 0 aromatic heterocycles. The average Bonchev–Trinajstić information content (AvgIpc) is 2.68. The highest BCUT2D eigenvalue weighted by Gasteiger charge is 2.23. The lowest BCUT2D eigenvalue weighted by Gasteiger charge is -2.23. The third-order valence-corrected chi connectivity index (χ3v) is 3.70. The molecular formula is C14H21NO. The lowest BCUT2D eigenvalue weighted by atomic mass is 10.0. The van der Waals surface area contributed by atoms with E-state index in [1.54, 1.807) is 6.07 Å². The Morgan fingerprint density at radius 2 is 2.06 bits per heavy atom. The molecule has 1 aliphatic rings. The molecule has 0 amide bonds. The maximum Gasteiger partial charge on any atom is 0.115 e. The highest BCUT2D eigenvalue weighted by Crippen LogP contribution is 2.35. The van der Waals surface area contributed by atoms with E-state index in [1.807, 2.05) is 6.07 Å². The van der Waals surface area contributed by atoms with Crippen molar-refractivity contribution in [3.05, 3.63) is 29.3 Å². The lowest BCUT2D eigenvalue weighted by molar-refractivity contribution is 0.282. The number of nitrogens with zero attached hydrogens (tertiary/aromatic N) is 1. The predicted octanol–water partition coefficient (Wildman–Crippen LogP) is 2.76. The molecule has 0 fully saturated rings. The first-order valence-corrected chi connectivity index (χ1v) is 6.28. The maximum absolute atomic E-state index is 9.55. The quantitative estimate of drug-likeness (QED) is 0.841. The molecule has 88 valence electrons. The fourth-order valence-corrected chi connectivity index (χ4v) is 2.66. The van der Waals surface area contributed by atoms with Gasteiger partial charge >= 0.3 is 0 Å². The van der Waals surface area contributed by atoms with E-state index < -0.39 is 0 Å². The smallest absolute Gasteiger partial charge is 0.115 e. The molecular weight excluding hydrogens is 198 g/mol. The van der Waals surface area contributed by atoms with E-state index in [9.17, 15) is 5.11 Å². The van der Waals surface area contributed by atoms with E-state index in [0.717, 1.165) is 19.6 Å². The van der Waals surface area contributed by atoms with Gasteiger partial charge in [-0.3, -0.25) is 0 Å². The highest BCUT2D eigenvalue weighted by molar-refractivity contribution is 5.40. The summed E-state index contributed by atoms with van der Waals surface area (Å²) < 4.78 is 0. The van der Waals surface area contributed by atoms with Crippen LogP contribution in [0.15, 0.2) is 18.2 Å². The van der Waals surface area contributed by atoms with Crippen LogP contribution in [0.1, 0.15) is 37.3 Å². The number of fused-ring (bicyclic) bond motifs is 1. The average molecular weight is 219 g/mol. The number of phenolic OH excluding ortho intramolecular Hbond substituents is 1. The summed E-state index contributed by atoms with van der Waals surface area (Å²) >= 11 is 0. The Morgan fingerprint density at radius 3 is 2.75 bits per heavy atom. The van der Waals surface area contributed by atoms with Crippen LogP contribution in [-0.2, 0) is 6.42 Å². The van der Waals surface area contributed by atoms with Crippen molar-refractivity contribution in [3.63, 3.8) is 0 Å². The Hall–Kier alpha value is -1.02. The minimum Gasteiger partial charge on any atom is -0.508 e. The van der Waals surface area contributed by atoms with Gasteiger partial charge in [0, 0.05) is 6.54 Å². The van der Waals surface area contributed by atoms with Crippen molar-refractivity contribution in [3.8, 4) is 5.75 Å². The van der Waals surface area contributed by atoms with Gasteiger partial charge in [0.15, 0.2) is 0 Å². The Kier molecular flexibility index (Phi) is 3.49. The first kappa shape index (κ1) is 11.5. The van der Waals surface area contributed by atoms with Crippen molar-refractivity contribution < 1.29 is 5.11 Å². The van der Waals surface area contributed by atoms with Gasteiger partial charge in [-0.25, -0.2) is 0 Å².